The van der Waals surface area contributed by atoms with Crippen LogP contribution in [0.25, 0.3) is 17.1 Å². The van der Waals surface area contributed by atoms with E-state index < -0.39 is 53.1 Å². The molecule has 48 heavy (non-hydrogen) atoms. The van der Waals surface area contributed by atoms with Gasteiger partial charge in [-0.25, -0.2) is 19.6 Å². The topological polar surface area (TPSA) is 129 Å². The third-order valence-corrected chi connectivity index (χ3v) is 9.57. The van der Waals surface area contributed by atoms with E-state index in [-0.39, 0.29) is 18.6 Å². The van der Waals surface area contributed by atoms with Crippen molar-refractivity contribution in [2.75, 3.05) is 13.7 Å². The van der Waals surface area contributed by atoms with Crippen molar-refractivity contribution in [2.24, 2.45) is 17.3 Å². The van der Waals surface area contributed by atoms with Gasteiger partial charge in [0.05, 0.1) is 24.7 Å². The minimum atomic E-state index is -0.962. The highest BCUT2D eigenvalue weighted by molar-refractivity contribution is 5.91. The maximum atomic E-state index is 14.6. The van der Waals surface area contributed by atoms with E-state index in [1.54, 1.807) is 27.9 Å². The van der Waals surface area contributed by atoms with Crippen LogP contribution in [0.3, 0.4) is 0 Å². The molecule has 0 radical (unpaired) electrons. The maximum absolute atomic E-state index is 14.6. The molecule has 1 aromatic carbocycles. The Morgan fingerprint density at radius 3 is 2.44 bits per heavy atom. The van der Waals surface area contributed by atoms with Crippen molar-refractivity contribution in [2.45, 2.75) is 123 Å². The molecule has 1 N–H and O–H groups in total. The Hall–Kier alpha value is -3.89. The number of hydrogen-bond acceptors (Lipinski definition) is 9. The minimum absolute atomic E-state index is 0.0935. The summed E-state index contributed by atoms with van der Waals surface area (Å²) >= 11 is 0. The molecule has 262 valence electrons. The van der Waals surface area contributed by atoms with Crippen molar-refractivity contribution in [3.8, 4) is 11.6 Å². The molecule has 5 rings (SSSR count). The summed E-state index contributed by atoms with van der Waals surface area (Å²) < 4.78 is 24.0. The summed E-state index contributed by atoms with van der Waals surface area (Å²) in [5.41, 5.74) is 0.408. The Bertz CT molecular complexity index is 1530. The van der Waals surface area contributed by atoms with E-state index in [1.807, 2.05) is 52.0 Å². The van der Waals surface area contributed by atoms with Crippen LogP contribution in [-0.4, -0.2) is 76.4 Å². The second-order valence-corrected chi connectivity index (χ2v) is 15.4. The lowest BCUT2D eigenvalue weighted by atomic mass is 9.85. The molecular weight excluding hydrogens is 612 g/mol. The first-order valence-electron chi connectivity index (χ1n) is 17.4. The number of esters is 1. The van der Waals surface area contributed by atoms with Crippen LogP contribution in [0.4, 0.5) is 4.79 Å². The molecule has 3 aliphatic rings. The summed E-state index contributed by atoms with van der Waals surface area (Å²) in [7, 11) is 1.60. The lowest BCUT2D eigenvalue weighted by Crippen LogP contribution is -2.58. The molecule has 11 heteroatoms. The van der Waals surface area contributed by atoms with Gasteiger partial charge in [-0.3, -0.25) is 4.79 Å². The van der Waals surface area contributed by atoms with Crippen LogP contribution >= 0.6 is 0 Å². The number of nitrogens with zero attached hydrogens (tertiary/aromatic N) is 3. The van der Waals surface area contributed by atoms with E-state index in [1.165, 1.54) is 4.90 Å². The molecule has 3 heterocycles. The number of carbonyl (C=O) groups excluding carboxylic acids is 3. The molecule has 11 nitrogen and oxygen atoms in total. The molecular formula is C37H52N4O7. The summed E-state index contributed by atoms with van der Waals surface area (Å²) in [6.07, 6.45) is 8.55. The van der Waals surface area contributed by atoms with Gasteiger partial charge in [0, 0.05) is 12.0 Å². The molecule has 2 aliphatic heterocycles. The molecule has 2 fully saturated rings. The van der Waals surface area contributed by atoms with Crippen LogP contribution in [0.1, 0.15) is 99.1 Å². The molecule has 2 amide bonds. The highest BCUT2D eigenvalue weighted by atomic mass is 16.6. The number of benzene rings is 1. The third kappa shape index (κ3) is 8.04. The number of hydrogen-bond donors (Lipinski definition) is 1. The smallest absolute Gasteiger partial charge is 0.408 e. The number of alkyl carbamates (subject to hydrolysis) is 1. The number of carbonyl (C=O) groups is 3. The van der Waals surface area contributed by atoms with Crippen molar-refractivity contribution in [3.63, 3.8) is 0 Å². The predicted octanol–water partition coefficient (Wildman–Crippen LogP) is 6.47. The average Bonchev–Trinajstić information content (AvgIpc) is 3.61. The quantitative estimate of drug-likeness (QED) is 0.367. The first-order chi connectivity index (χ1) is 22.7. The van der Waals surface area contributed by atoms with Gasteiger partial charge in [-0.2, -0.15) is 0 Å². The summed E-state index contributed by atoms with van der Waals surface area (Å²) in [6, 6.07) is 3.62. The zero-order chi connectivity index (χ0) is 34.8. The first kappa shape index (κ1) is 35.4. The van der Waals surface area contributed by atoms with Crippen molar-refractivity contribution in [1.82, 2.24) is 20.2 Å². The number of amides is 2. The lowest BCUT2D eigenvalue weighted by Gasteiger charge is -2.36. The third-order valence-electron chi connectivity index (χ3n) is 9.57. The molecule has 1 aliphatic carbocycles. The fourth-order valence-electron chi connectivity index (χ4n) is 7.16. The molecule has 6 atom stereocenters. The van der Waals surface area contributed by atoms with E-state index in [0.29, 0.717) is 34.8 Å². The zero-order valence-electron chi connectivity index (χ0n) is 29.7. The van der Waals surface area contributed by atoms with E-state index in [9.17, 15) is 14.4 Å². The molecule has 6 unspecified atom stereocenters. The maximum Gasteiger partial charge on any atom is 0.408 e. The summed E-state index contributed by atoms with van der Waals surface area (Å²) in [5.74, 6) is -0.110. The van der Waals surface area contributed by atoms with Gasteiger partial charge in [0.25, 0.3) is 0 Å². The SMILES string of the molecule is CCC1C2CN(C(=O)C(C(C)(C)C)NC(=O)OC3CCCC3CCCC=Cc3nc4ccc(OC)cc4nc3O2)C1C(=O)OC(C)(C)C. The Morgan fingerprint density at radius 1 is 1.00 bits per heavy atom. The number of allylic oxidation sites excluding steroid dienone is 1. The lowest BCUT2D eigenvalue weighted by molar-refractivity contribution is -0.165. The number of nitrogens with one attached hydrogen (secondary N) is 1. The summed E-state index contributed by atoms with van der Waals surface area (Å²) in [5, 5.41) is 2.90. The van der Waals surface area contributed by atoms with E-state index >= 15 is 0 Å². The predicted molar refractivity (Wildman–Crippen MR) is 183 cm³/mol. The normalized spacial score (nSPS) is 27.2. The Kier molecular flexibility index (Phi) is 10.6. The van der Waals surface area contributed by atoms with E-state index in [4.69, 9.17) is 28.9 Å². The molecule has 1 saturated carbocycles. The molecule has 2 aromatic rings. The highest BCUT2D eigenvalue weighted by Crippen LogP contribution is 2.37. The van der Waals surface area contributed by atoms with Gasteiger partial charge in [-0.15, -0.1) is 0 Å². The Labute approximate surface area is 284 Å². The zero-order valence-corrected chi connectivity index (χ0v) is 29.7. The molecule has 2 bridgehead atoms. The van der Waals surface area contributed by atoms with Gasteiger partial charge in [0.1, 0.15) is 41.3 Å². The Morgan fingerprint density at radius 2 is 1.75 bits per heavy atom. The number of fused-ring (bicyclic) bond motifs is 5. The van der Waals surface area contributed by atoms with Gasteiger partial charge in [0.15, 0.2) is 0 Å². The summed E-state index contributed by atoms with van der Waals surface area (Å²) in [4.78, 5) is 53.2. The van der Waals surface area contributed by atoms with E-state index in [2.05, 4.69) is 11.4 Å². The van der Waals surface area contributed by atoms with Crippen LogP contribution < -0.4 is 14.8 Å². The highest BCUT2D eigenvalue weighted by Gasteiger charge is 2.52. The second kappa shape index (κ2) is 14.3. The fourth-order valence-corrected chi connectivity index (χ4v) is 7.16. The first-order valence-corrected chi connectivity index (χ1v) is 17.4. The van der Waals surface area contributed by atoms with Crippen molar-refractivity contribution in [1.29, 1.82) is 0 Å². The van der Waals surface area contributed by atoms with Crippen LogP contribution in [0.15, 0.2) is 24.3 Å². The van der Waals surface area contributed by atoms with Crippen molar-refractivity contribution < 1.29 is 33.3 Å². The van der Waals surface area contributed by atoms with Gasteiger partial charge >= 0.3 is 12.1 Å². The van der Waals surface area contributed by atoms with E-state index in [0.717, 1.165) is 38.5 Å². The van der Waals surface area contributed by atoms with Gasteiger partial charge < -0.3 is 29.2 Å². The minimum Gasteiger partial charge on any atom is -0.497 e. The standard InChI is InChI=1S/C37H52N4O7/c1-9-24-29-21-41(30(24)34(43)48-37(5,6)7)33(42)31(36(2,3)4)40-35(44)47-28-17-13-15-22(28)14-11-10-12-16-26-32(46-29)39-27-20-23(45-8)18-19-25(27)38-26/h12,16,18-20,22,24,28-31H,9-11,13-15,17,21H2,1-8H3,(H,40,44). The molecule has 1 aromatic heterocycles. The largest absolute Gasteiger partial charge is 0.497 e. The average molecular weight is 665 g/mol. The van der Waals surface area contributed by atoms with Crippen molar-refractivity contribution in [3.05, 3.63) is 30.0 Å². The number of rotatable bonds is 3. The van der Waals surface area contributed by atoms with Gasteiger partial charge in [0.2, 0.25) is 11.8 Å². The molecule has 1 saturated heterocycles. The Balaban J connectivity index is 1.60. The fraction of sp³-hybridized carbons (Fsp3) is 0.649. The van der Waals surface area contributed by atoms with Crippen LogP contribution in [0, 0.1) is 17.3 Å². The monoisotopic (exact) mass is 664 g/mol. The molecule has 0 spiro atoms. The van der Waals surface area contributed by atoms with Crippen molar-refractivity contribution >= 4 is 35.1 Å². The van der Waals surface area contributed by atoms with Crippen LogP contribution in [0.5, 0.6) is 11.6 Å². The summed E-state index contributed by atoms with van der Waals surface area (Å²) in [6.45, 7) is 13.1. The van der Waals surface area contributed by atoms with Gasteiger partial charge in [-0.05, 0) is 95.3 Å². The van der Waals surface area contributed by atoms with Crippen LogP contribution in [0.2, 0.25) is 0 Å². The number of methoxy groups -OCH3 is 1. The number of ether oxygens (including phenoxy) is 4. The van der Waals surface area contributed by atoms with Gasteiger partial charge in [-0.1, -0.05) is 33.8 Å². The second-order valence-electron chi connectivity index (χ2n) is 15.4. The number of aromatic nitrogens is 2. The van der Waals surface area contributed by atoms with Crippen LogP contribution in [-0.2, 0) is 19.1 Å².